The van der Waals surface area contributed by atoms with Crippen LogP contribution in [0.4, 0.5) is 0 Å². The molecule has 0 aliphatic heterocycles. The molecule has 0 saturated carbocycles. The van der Waals surface area contributed by atoms with Crippen LogP contribution in [0, 0.1) is 0 Å². The molecule has 5 heteroatoms. The fourth-order valence-corrected chi connectivity index (χ4v) is 1.51. The summed E-state index contributed by atoms with van der Waals surface area (Å²) < 4.78 is 10.5. The van der Waals surface area contributed by atoms with Crippen molar-refractivity contribution in [2.45, 2.75) is 6.16 Å². The van der Waals surface area contributed by atoms with Crippen LogP contribution in [-0.2, 0) is 10.7 Å². The Balaban J connectivity index is 0.00000121. The van der Waals surface area contributed by atoms with Crippen molar-refractivity contribution in [1.82, 2.24) is 0 Å². The normalized spacial score (nSPS) is 10.5. The number of benzene rings is 1. The first-order valence-electron chi connectivity index (χ1n) is 3.16. The van der Waals surface area contributed by atoms with Gasteiger partial charge in [0.05, 0.1) is 6.16 Å². The van der Waals surface area contributed by atoms with Gasteiger partial charge in [0.2, 0.25) is 0 Å². The van der Waals surface area contributed by atoms with Gasteiger partial charge < -0.3 is 9.79 Å². The van der Waals surface area contributed by atoms with Crippen molar-refractivity contribution in [3.8, 4) is 0 Å². The quantitative estimate of drug-likeness (QED) is 0.541. The van der Waals surface area contributed by atoms with Crippen LogP contribution in [0.15, 0.2) is 30.3 Å². The van der Waals surface area contributed by atoms with E-state index in [1.165, 1.54) is 0 Å². The van der Waals surface area contributed by atoms with Gasteiger partial charge in [0.1, 0.15) is 0 Å². The van der Waals surface area contributed by atoms with E-state index in [9.17, 15) is 4.57 Å². The van der Waals surface area contributed by atoms with Gasteiger partial charge in [-0.2, -0.15) is 0 Å². The Labute approximate surface area is 93.3 Å². The van der Waals surface area contributed by atoms with Crippen LogP contribution >= 0.6 is 7.60 Å². The third-order valence-electron chi connectivity index (χ3n) is 1.23. The van der Waals surface area contributed by atoms with Crippen molar-refractivity contribution in [2.24, 2.45) is 0 Å². The van der Waals surface area contributed by atoms with Crippen molar-refractivity contribution < 1.29 is 14.4 Å². The van der Waals surface area contributed by atoms with Crippen molar-refractivity contribution >= 4 is 37.2 Å². The van der Waals surface area contributed by atoms with Crippen LogP contribution in [0.1, 0.15) is 5.56 Å². The molecule has 12 heavy (non-hydrogen) atoms. The molecule has 0 aliphatic rings. The van der Waals surface area contributed by atoms with E-state index in [4.69, 9.17) is 9.79 Å². The van der Waals surface area contributed by atoms with Gasteiger partial charge in [0, 0.05) is 0 Å². The predicted molar refractivity (Wildman–Crippen MR) is 49.3 cm³/mol. The van der Waals surface area contributed by atoms with Crippen LogP contribution in [0.3, 0.4) is 0 Å². The number of hydrogen-bond acceptors (Lipinski definition) is 1. The topological polar surface area (TPSA) is 57.5 Å². The molecule has 0 bridgehead atoms. The van der Waals surface area contributed by atoms with Crippen molar-refractivity contribution in [3.05, 3.63) is 35.9 Å². The molecular formula is C7H10NaO3P. The molecule has 2 N–H and O–H groups in total. The molecule has 0 aliphatic carbocycles. The van der Waals surface area contributed by atoms with Crippen molar-refractivity contribution in [1.29, 1.82) is 0 Å². The molecule has 0 fully saturated rings. The van der Waals surface area contributed by atoms with Gasteiger partial charge >= 0.3 is 37.2 Å². The van der Waals surface area contributed by atoms with E-state index in [0.717, 1.165) is 0 Å². The first-order valence-corrected chi connectivity index (χ1v) is 4.96. The summed E-state index contributed by atoms with van der Waals surface area (Å²) in [6.45, 7) is 0. The van der Waals surface area contributed by atoms with E-state index in [1.54, 1.807) is 24.3 Å². The fraction of sp³-hybridized carbons (Fsp3) is 0.143. The minimum atomic E-state index is -3.89. The van der Waals surface area contributed by atoms with Gasteiger partial charge in [-0.05, 0) is 5.56 Å². The molecule has 62 valence electrons. The SMILES string of the molecule is O=P(O)(O)Cc1ccccc1.[NaH]. The summed E-state index contributed by atoms with van der Waals surface area (Å²) in [5.41, 5.74) is 0.667. The molecule has 0 spiro atoms. The summed E-state index contributed by atoms with van der Waals surface area (Å²) in [7, 11) is -3.89. The maximum atomic E-state index is 10.5. The maximum absolute atomic E-state index is 10.5. The second-order valence-electron chi connectivity index (χ2n) is 2.31. The van der Waals surface area contributed by atoms with E-state index in [1.807, 2.05) is 6.07 Å². The average Bonchev–Trinajstić information content (AvgIpc) is 1.85. The van der Waals surface area contributed by atoms with Crippen LogP contribution in [-0.4, -0.2) is 39.3 Å². The van der Waals surface area contributed by atoms with Gasteiger partial charge in [0.25, 0.3) is 0 Å². The van der Waals surface area contributed by atoms with Gasteiger partial charge in [-0.1, -0.05) is 30.3 Å². The summed E-state index contributed by atoms with van der Waals surface area (Å²) >= 11 is 0. The van der Waals surface area contributed by atoms with Crippen LogP contribution < -0.4 is 0 Å². The second kappa shape index (κ2) is 5.18. The molecule has 0 unspecified atom stereocenters. The fourth-order valence-electron chi connectivity index (χ4n) is 0.821. The molecular weight excluding hydrogens is 186 g/mol. The molecule has 0 heterocycles. The molecule has 0 aromatic heterocycles. The first-order chi connectivity index (χ1) is 5.08. The third kappa shape index (κ3) is 5.09. The summed E-state index contributed by atoms with van der Waals surface area (Å²) in [4.78, 5) is 17.2. The molecule has 1 aromatic carbocycles. The van der Waals surface area contributed by atoms with E-state index in [-0.39, 0.29) is 35.7 Å². The summed E-state index contributed by atoms with van der Waals surface area (Å²) in [5, 5.41) is 0. The third-order valence-corrected chi connectivity index (χ3v) is 2.01. The molecule has 0 radical (unpaired) electrons. The number of hydrogen-bond donors (Lipinski definition) is 2. The zero-order valence-electron chi connectivity index (χ0n) is 5.84. The monoisotopic (exact) mass is 196 g/mol. The second-order valence-corrected chi connectivity index (χ2v) is 3.95. The van der Waals surface area contributed by atoms with Gasteiger partial charge in [0.15, 0.2) is 0 Å². The molecule has 1 rings (SSSR count). The minimum absolute atomic E-state index is 0. The van der Waals surface area contributed by atoms with Gasteiger partial charge in [-0.25, -0.2) is 0 Å². The summed E-state index contributed by atoms with van der Waals surface area (Å²) in [6, 6.07) is 8.71. The van der Waals surface area contributed by atoms with Crippen molar-refractivity contribution in [3.63, 3.8) is 0 Å². The average molecular weight is 196 g/mol. The van der Waals surface area contributed by atoms with E-state index < -0.39 is 7.60 Å². The van der Waals surface area contributed by atoms with Crippen molar-refractivity contribution in [2.75, 3.05) is 0 Å². The predicted octanol–water partition coefficient (Wildman–Crippen LogP) is 0.716. The van der Waals surface area contributed by atoms with E-state index in [0.29, 0.717) is 5.56 Å². The Kier molecular flexibility index (Phi) is 5.34. The molecule has 1 aromatic rings. The first kappa shape index (κ1) is 12.4. The Bertz CT molecular complexity index is 269. The zero-order valence-corrected chi connectivity index (χ0v) is 6.74. The molecule has 0 amide bonds. The molecule has 0 atom stereocenters. The van der Waals surface area contributed by atoms with Crippen LogP contribution in [0.2, 0.25) is 0 Å². The van der Waals surface area contributed by atoms with Crippen LogP contribution in [0.5, 0.6) is 0 Å². The zero-order chi connectivity index (χ0) is 8.32. The summed E-state index contributed by atoms with van der Waals surface area (Å²) in [5.74, 6) is 0. The van der Waals surface area contributed by atoms with Crippen LogP contribution in [0.25, 0.3) is 0 Å². The Morgan fingerprint density at radius 3 is 2.08 bits per heavy atom. The molecule has 3 nitrogen and oxygen atoms in total. The Morgan fingerprint density at radius 1 is 1.17 bits per heavy atom. The van der Waals surface area contributed by atoms with Gasteiger partial charge in [-0.15, -0.1) is 0 Å². The van der Waals surface area contributed by atoms with E-state index in [2.05, 4.69) is 0 Å². The van der Waals surface area contributed by atoms with E-state index >= 15 is 0 Å². The summed E-state index contributed by atoms with van der Waals surface area (Å²) in [6.07, 6.45) is -0.173. The van der Waals surface area contributed by atoms with Gasteiger partial charge in [-0.3, -0.25) is 4.57 Å². The Hall–Kier alpha value is 0.370. The Morgan fingerprint density at radius 2 is 1.67 bits per heavy atom. The molecule has 0 saturated heterocycles. The number of rotatable bonds is 2. The standard InChI is InChI=1S/C7H9O3P.Na.H/c8-11(9,10)6-7-4-2-1-3-5-7;;/h1-5H,6H2,(H2,8,9,10);;.